The van der Waals surface area contributed by atoms with Crippen LogP contribution in [-0.2, 0) is 6.18 Å². The van der Waals surface area contributed by atoms with Crippen LogP contribution < -0.4 is 5.73 Å². The van der Waals surface area contributed by atoms with Crippen LogP contribution in [0.4, 0.5) is 13.2 Å². The van der Waals surface area contributed by atoms with E-state index in [0.29, 0.717) is 5.56 Å². The standard InChI is InChI=1S/C16H10F3N3O2/c17-16(18,19)11-8-4-7-10(13(20)23)12(11)15-22-21-14(24-15)9-5-2-1-3-6-9/h1-8H,(H2,20,23). The molecule has 24 heavy (non-hydrogen) atoms. The first kappa shape index (κ1) is 15.7. The normalized spacial score (nSPS) is 11.5. The van der Waals surface area contributed by atoms with Crippen molar-refractivity contribution >= 4 is 5.91 Å². The summed E-state index contributed by atoms with van der Waals surface area (Å²) in [4.78, 5) is 11.5. The Hall–Kier alpha value is -3.16. The second-order valence-electron chi connectivity index (χ2n) is 4.87. The van der Waals surface area contributed by atoms with Gasteiger partial charge in [0.2, 0.25) is 17.7 Å². The highest BCUT2D eigenvalue weighted by Crippen LogP contribution is 2.39. The molecule has 0 radical (unpaired) electrons. The molecule has 0 spiro atoms. The van der Waals surface area contributed by atoms with Crippen LogP contribution in [0.15, 0.2) is 52.9 Å². The van der Waals surface area contributed by atoms with Crippen molar-refractivity contribution in [1.82, 2.24) is 10.2 Å². The maximum Gasteiger partial charge on any atom is 0.417 e. The van der Waals surface area contributed by atoms with Gasteiger partial charge in [0.15, 0.2) is 0 Å². The number of hydrogen-bond acceptors (Lipinski definition) is 4. The van der Waals surface area contributed by atoms with E-state index in [2.05, 4.69) is 10.2 Å². The molecule has 0 bridgehead atoms. The molecule has 0 fully saturated rings. The number of nitrogens with two attached hydrogens (primary N) is 1. The van der Waals surface area contributed by atoms with Gasteiger partial charge in [0.1, 0.15) is 0 Å². The SMILES string of the molecule is NC(=O)c1cccc(C(F)(F)F)c1-c1nnc(-c2ccccc2)o1. The molecule has 122 valence electrons. The van der Waals surface area contributed by atoms with Gasteiger partial charge >= 0.3 is 6.18 Å². The van der Waals surface area contributed by atoms with Gasteiger partial charge in [0, 0.05) is 5.56 Å². The topological polar surface area (TPSA) is 82.0 Å². The predicted molar refractivity (Wildman–Crippen MR) is 78.7 cm³/mol. The number of amides is 1. The molecular weight excluding hydrogens is 323 g/mol. The molecule has 5 nitrogen and oxygen atoms in total. The summed E-state index contributed by atoms with van der Waals surface area (Å²) in [7, 11) is 0. The number of hydrogen-bond donors (Lipinski definition) is 1. The summed E-state index contributed by atoms with van der Waals surface area (Å²) in [5.74, 6) is -1.40. The third-order valence-corrected chi connectivity index (χ3v) is 3.29. The average Bonchev–Trinajstić information content (AvgIpc) is 3.04. The summed E-state index contributed by atoms with van der Waals surface area (Å²) < 4.78 is 45.1. The predicted octanol–water partition coefficient (Wildman–Crippen LogP) is 3.52. The number of benzene rings is 2. The van der Waals surface area contributed by atoms with Gasteiger partial charge in [-0.1, -0.05) is 24.3 Å². The van der Waals surface area contributed by atoms with Gasteiger partial charge in [-0.3, -0.25) is 4.79 Å². The molecule has 0 aliphatic carbocycles. The van der Waals surface area contributed by atoms with Crippen molar-refractivity contribution in [3.8, 4) is 22.9 Å². The van der Waals surface area contributed by atoms with Crippen LogP contribution in [0, 0.1) is 0 Å². The minimum Gasteiger partial charge on any atom is -0.416 e. The second kappa shape index (κ2) is 5.80. The third-order valence-electron chi connectivity index (χ3n) is 3.29. The molecule has 2 N–H and O–H groups in total. The van der Waals surface area contributed by atoms with E-state index in [9.17, 15) is 18.0 Å². The Morgan fingerprint density at radius 3 is 2.25 bits per heavy atom. The monoisotopic (exact) mass is 333 g/mol. The van der Waals surface area contributed by atoms with E-state index >= 15 is 0 Å². The first-order valence-corrected chi connectivity index (χ1v) is 6.77. The summed E-state index contributed by atoms with van der Waals surface area (Å²) in [6.45, 7) is 0. The Bertz CT molecular complexity index is 889. The Morgan fingerprint density at radius 2 is 1.62 bits per heavy atom. The maximum absolute atomic E-state index is 13.3. The largest absolute Gasteiger partial charge is 0.417 e. The molecule has 0 aliphatic rings. The highest BCUT2D eigenvalue weighted by atomic mass is 19.4. The zero-order valence-corrected chi connectivity index (χ0v) is 12.0. The third kappa shape index (κ3) is 2.85. The zero-order chi connectivity index (χ0) is 17.3. The lowest BCUT2D eigenvalue weighted by Crippen LogP contribution is -2.16. The fourth-order valence-corrected chi connectivity index (χ4v) is 2.25. The zero-order valence-electron chi connectivity index (χ0n) is 12.0. The summed E-state index contributed by atoms with van der Waals surface area (Å²) >= 11 is 0. The van der Waals surface area contributed by atoms with Gasteiger partial charge in [-0.05, 0) is 24.3 Å². The number of rotatable bonds is 3. The molecule has 3 aromatic rings. The Balaban J connectivity index is 2.19. The molecule has 1 heterocycles. The minimum atomic E-state index is -4.71. The van der Waals surface area contributed by atoms with Crippen molar-refractivity contribution in [1.29, 1.82) is 0 Å². The molecule has 0 saturated heterocycles. The summed E-state index contributed by atoms with van der Waals surface area (Å²) in [6.07, 6.45) is -4.71. The molecule has 0 saturated carbocycles. The summed E-state index contributed by atoms with van der Waals surface area (Å²) in [5, 5.41) is 7.41. The number of alkyl halides is 3. The molecular formula is C16H10F3N3O2. The minimum absolute atomic E-state index is 0.0398. The summed E-state index contributed by atoms with van der Waals surface area (Å²) in [5.41, 5.74) is 3.80. The molecule has 3 rings (SSSR count). The fourth-order valence-electron chi connectivity index (χ4n) is 2.25. The number of aromatic nitrogens is 2. The van der Waals surface area contributed by atoms with Gasteiger partial charge in [0.05, 0.1) is 16.7 Å². The molecule has 1 aromatic heterocycles. The van der Waals surface area contributed by atoms with Crippen molar-refractivity contribution in [3.05, 3.63) is 59.7 Å². The highest BCUT2D eigenvalue weighted by molar-refractivity contribution is 5.99. The smallest absolute Gasteiger partial charge is 0.416 e. The first-order valence-electron chi connectivity index (χ1n) is 6.77. The lowest BCUT2D eigenvalue weighted by molar-refractivity contribution is -0.137. The number of halogens is 3. The molecule has 0 aliphatic heterocycles. The van der Waals surface area contributed by atoms with E-state index in [0.717, 1.165) is 12.1 Å². The lowest BCUT2D eigenvalue weighted by Gasteiger charge is -2.12. The average molecular weight is 333 g/mol. The van der Waals surface area contributed by atoms with Crippen molar-refractivity contribution in [2.24, 2.45) is 5.73 Å². The Kier molecular flexibility index (Phi) is 3.80. The van der Waals surface area contributed by atoms with E-state index in [1.165, 1.54) is 6.07 Å². The van der Waals surface area contributed by atoms with Crippen LogP contribution >= 0.6 is 0 Å². The number of carbonyl (C=O) groups excluding carboxylic acids is 1. The fraction of sp³-hybridized carbons (Fsp3) is 0.0625. The van der Waals surface area contributed by atoms with Crippen molar-refractivity contribution in [2.45, 2.75) is 6.18 Å². The molecule has 2 aromatic carbocycles. The Labute approximate surface area is 133 Å². The van der Waals surface area contributed by atoms with Crippen LogP contribution in [0.1, 0.15) is 15.9 Å². The van der Waals surface area contributed by atoms with E-state index in [1.807, 2.05) is 0 Å². The van der Waals surface area contributed by atoms with Crippen molar-refractivity contribution < 1.29 is 22.4 Å². The van der Waals surface area contributed by atoms with E-state index in [1.54, 1.807) is 30.3 Å². The van der Waals surface area contributed by atoms with Gasteiger partial charge in [-0.2, -0.15) is 13.2 Å². The molecule has 0 unspecified atom stereocenters. The lowest BCUT2D eigenvalue weighted by atomic mass is 10.00. The first-order chi connectivity index (χ1) is 11.4. The molecule has 8 heteroatoms. The van der Waals surface area contributed by atoms with Gasteiger partial charge in [0.25, 0.3) is 0 Å². The van der Waals surface area contributed by atoms with E-state index in [-0.39, 0.29) is 11.5 Å². The molecule has 1 amide bonds. The van der Waals surface area contributed by atoms with Crippen LogP contribution in [0.2, 0.25) is 0 Å². The van der Waals surface area contributed by atoms with Crippen LogP contribution in [0.25, 0.3) is 22.9 Å². The van der Waals surface area contributed by atoms with Crippen molar-refractivity contribution in [3.63, 3.8) is 0 Å². The Morgan fingerprint density at radius 1 is 0.958 bits per heavy atom. The summed E-state index contributed by atoms with van der Waals surface area (Å²) in [6, 6.07) is 11.7. The number of primary amides is 1. The number of carbonyl (C=O) groups is 1. The second-order valence-corrected chi connectivity index (χ2v) is 4.87. The number of nitrogens with zero attached hydrogens (tertiary/aromatic N) is 2. The van der Waals surface area contributed by atoms with E-state index in [4.69, 9.17) is 10.2 Å². The quantitative estimate of drug-likeness (QED) is 0.795. The van der Waals surface area contributed by atoms with Crippen LogP contribution in [-0.4, -0.2) is 16.1 Å². The van der Waals surface area contributed by atoms with Crippen LogP contribution in [0.3, 0.4) is 0 Å². The van der Waals surface area contributed by atoms with Gasteiger partial charge in [-0.15, -0.1) is 10.2 Å². The van der Waals surface area contributed by atoms with E-state index < -0.39 is 29.1 Å². The highest BCUT2D eigenvalue weighted by Gasteiger charge is 2.37. The van der Waals surface area contributed by atoms with Gasteiger partial charge in [-0.25, -0.2) is 0 Å². The van der Waals surface area contributed by atoms with Gasteiger partial charge < -0.3 is 10.2 Å². The maximum atomic E-state index is 13.3. The van der Waals surface area contributed by atoms with Crippen LogP contribution in [0.5, 0.6) is 0 Å². The molecule has 0 atom stereocenters. The van der Waals surface area contributed by atoms with Crippen molar-refractivity contribution in [2.75, 3.05) is 0 Å².